The van der Waals surface area contributed by atoms with E-state index in [1.165, 1.54) is 19.3 Å². The molecule has 3 aromatic carbocycles. The third-order valence-corrected chi connectivity index (χ3v) is 11.1. The number of carbonyl (C=O) groups is 3. The van der Waals surface area contributed by atoms with Crippen molar-refractivity contribution in [1.82, 2.24) is 10.2 Å². The van der Waals surface area contributed by atoms with Crippen molar-refractivity contribution in [2.75, 3.05) is 22.9 Å². The maximum absolute atomic E-state index is 13.8. The number of nitrogens with zero attached hydrogens (tertiary/aromatic N) is 1. The van der Waals surface area contributed by atoms with Crippen LogP contribution in [0.4, 0.5) is 17.1 Å². The standard InChI is InChI=1S/C44H59N5O6/c1-44(2,3)48-42(53)38-24-23-30-11-4-7-16-37(30)49(38)27-34-26-39(31-21-19-29(28-50)20-22-31)55-43(54-34)32-12-10-13-33(25-32)46-40(51)17-8-9-18-41(52)47-36-15-6-5-14-35(36)45/h5-6,10,12-15,19-22,25,30,34,37-39,43,50H,4,7-9,11,16-18,23-24,26-28,45H2,1-3H3,(H,46,51)(H,47,52)(H,48,53)/t30-,34-,37-,38-,39+,43+/m1/s1. The fourth-order valence-electron chi connectivity index (χ4n) is 8.38. The van der Waals surface area contributed by atoms with Crippen molar-refractivity contribution in [2.24, 2.45) is 5.92 Å². The van der Waals surface area contributed by atoms with Gasteiger partial charge in [0.15, 0.2) is 6.29 Å². The monoisotopic (exact) mass is 753 g/mol. The molecule has 11 nitrogen and oxygen atoms in total. The number of aliphatic hydroxyl groups excluding tert-OH is 1. The molecule has 2 aliphatic heterocycles. The molecule has 1 saturated carbocycles. The van der Waals surface area contributed by atoms with Gasteiger partial charge in [-0.15, -0.1) is 0 Å². The molecule has 11 heteroatoms. The van der Waals surface area contributed by atoms with E-state index in [0.717, 1.165) is 36.0 Å². The van der Waals surface area contributed by atoms with Gasteiger partial charge in [0.2, 0.25) is 17.7 Å². The molecule has 6 N–H and O–H groups in total. The summed E-state index contributed by atoms with van der Waals surface area (Å²) >= 11 is 0. The Morgan fingerprint density at radius 3 is 2.29 bits per heavy atom. The number of hydrogen-bond acceptors (Lipinski definition) is 8. The number of amides is 3. The maximum Gasteiger partial charge on any atom is 0.237 e. The first kappa shape index (κ1) is 40.4. The minimum atomic E-state index is -0.705. The minimum Gasteiger partial charge on any atom is -0.397 e. The Hall–Kier alpha value is -4.29. The Morgan fingerprint density at radius 2 is 1.56 bits per heavy atom. The number of nitrogen functional groups attached to an aromatic ring is 1. The Morgan fingerprint density at radius 1 is 0.836 bits per heavy atom. The van der Waals surface area contributed by atoms with Crippen molar-refractivity contribution in [1.29, 1.82) is 0 Å². The van der Waals surface area contributed by atoms with Crippen molar-refractivity contribution >= 4 is 34.8 Å². The Balaban J connectivity index is 1.13. The van der Waals surface area contributed by atoms with Gasteiger partial charge in [0.1, 0.15) is 0 Å². The fourth-order valence-corrected chi connectivity index (χ4v) is 8.38. The summed E-state index contributed by atoms with van der Waals surface area (Å²) in [6, 6.07) is 22.7. The third kappa shape index (κ3) is 11.2. The van der Waals surface area contributed by atoms with Crippen LogP contribution in [0.5, 0.6) is 0 Å². The van der Waals surface area contributed by atoms with Gasteiger partial charge in [-0.25, -0.2) is 0 Å². The zero-order valence-electron chi connectivity index (χ0n) is 32.6. The van der Waals surface area contributed by atoms with Gasteiger partial charge in [0.05, 0.1) is 36.2 Å². The molecule has 3 aromatic rings. The smallest absolute Gasteiger partial charge is 0.237 e. The third-order valence-electron chi connectivity index (χ3n) is 11.1. The number of piperidine rings is 1. The largest absolute Gasteiger partial charge is 0.397 e. The zero-order valence-corrected chi connectivity index (χ0v) is 32.6. The average Bonchev–Trinajstić information content (AvgIpc) is 3.17. The van der Waals surface area contributed by atoms with Crippen LogP contribution in [0.2, 0.25) is 0 Å². The SMILES string of the molecule is CC(C)(C)NC(=O)[C@H]1CC[C@H]2CCCC[C@H]2N1C[C@H]1C[C@@H](c2ccc(CO)cc2)O[C@@H](c2cccc(NC(=O)CCCCC(=O)Nc3ccccc3N)c2)O1. The van der Waals surface area contributed by atoms with Gasteiger partial charge in [0, 0.05) is 48.6 Å². The number of ether oxygens (including phenoxy) is 2. The van der Waals surface area contributed by atoms with Crippen LogP contribution < -0.4 is 21.7 Å². The van der Waals surface area contributed by atoms with E-state index < -0.39 is 6.29 Å². The number of para-hydroxylation sites is 2. The number of nitrogens with two attached hydrogens (primary N) is 1. The van der Waals surface area contributed by atoms with Crippen molar-refractivity contribution in [3.63, 3.8) is 0 Å². The quantitative estimate of drug-likeness (QED) is 0.0895. The van der Waals surface area contributed by atoms with Gasteiger partial charge in [-0.2, -0.15) is 0 Å². The van der Waals surface area contributed by atoms with Crippen LogP contribution in [0, 0.1) is 5.92 Å². The highest BCUT2D eigenvalue weighted by Gasteiger charge is 2.44. The van der Waals surface area contributed by atoms with Crippen LogP contribution in [0.1, 0.15) is 120 Å². The lowest BCUT2D eigenvalue weighted by molar-refractivity contribution is -0.255. The summed E-state index contributed by atoms with van der Waals surface area (Å²) < 4.78 is 13.5. The summed E-state index contributed by atoms with van der Waals surface area (Å²) in [7, 11) is 0. The first-order valence-electron chi connectivity index (χ1n) is 20.1. The Bertz CT molecular complexity index is 1760. The number of rotatable bonds is 13. The maximum atomic E-state index is 13.8. The molecular formula is C44H59N5O6. The highest BCUT2D eigenvalue weighted by Crippen LogP contribution is 2.42. The van der Waals surface area contributed by atoms with Crippen LogP contribution in [0.3, 0.4) is 0 Å². The summed E-state index contributed by atoms with van der Waals surface area (Å²) in [5.41, 5.74) is 9.95. The number of carbonyl (C=O) groups excluding carboxylic acids is 3. The molecule has 296 valence electrons. The number of likely N-dealkylation sites (tertiary alicyclic amines) is 1. The Labute approximate surface area is 325 Å². The molecule has 0 aromatic heterocycles. The van der Waals surface area contributed by atoms with E-state index in [0.29, 0.717) is 61.2 Å². The summed E-state index contributed by atoms with van der Waals surface area (Å²) in [6.07, 6.45) is 7.69. The molecule has 0 radical (unpaired) electrons. The van der Waals surface area contributed by atoms with Crippen molar-refractivity contribution in [3.8, 4) is 0 Å². The molecule has 3 fully saturated rings. The molecule has 55 heavy (non-hydrogen) atoms. The first-order valence-corrected chi connectivity index (χ1v) is 20.1. The second-order valence-electron chi connectivity index (χ2n) is 16.5. The van der Waals surface area contributed by atoms with Gasteiger partial charge >= 0.3 is 0 Å². The molecule has 3 amide bonds. The second kappa shape index (κ2) is 18.6. The molecule has 6 rings (SSSR count). The lowest BCUT2D eigenvalue weighted by Crippen LogP contribution is -2.61. The summed E-state index contributed by atoms with van der Waals surface area (Å²) in [5, 5.41) is 18.8. The molecule has 6 atom stereocenters. The molecule has 0 unspecified atom stereocenters. The van der Waals surface area contributed by atoms with E-state index in [1.807, 2.05) is 81.4 Å². The topological polar surface area (TPSA) is 155 Å². The molecule has 3 aliphatic rings. The average molecular weight is 754 g/mol. The zero-order chi connectivity index (χ0) is 39.0. The van der Waals surface area contributed by atoms with E-state index in [-0.39, 0.29) is 54.5 Å². The number of anilines is 3. The lowest BCUT2D eigenvalue weighted by Gasteiger charge is -2.50. The second-order valence-corrected chi connectivity index (χ2v) is 16.5. The summed E-state index contributed by atoms with van der Waals surface area (Å²) in [5.74, 6) is 0.389. The molecule has 1 aliphatic carbocycles. The molecule has 2 saturated heterocycles. The summed E-state index contributed by atoms with van der Waals surface area (Å²) in [6.45, 7) is 6.67. The van der Waals surface area contributed by atoms with Gasteiger partial charge < -0.3 is 36.3 Å². The van der Waals surface area contributed by atoms with Crippen LogP contribution in [-0.2, 0) is 30.5 Å². The van der Waals surface area contributed by atoms with Crippen molar-refractivity contribution in [2.45, 2.75) is 134 Å². The van der Waals surface area contributed by atoms with Crippen LogP contribution in [0.15, 0.2) is 72.8 Å². The van der Waals surface area contributed by atoms with Crippen LogP contribution in [-0.4, -0.2) is 58.0 Å². The van der Waals surface area contributed by atoms with E-state index in [4.69, 9.17) is 15.2 Å². The van der Waals surface area contributed by atoms with E-state index in [9.17, 15) is 19.5 Å². The van der Waals surface area contributed by atoms with Crippen molar-refractivity contribution < 1.29 is 29.0 Å². The van der Waals surface area contributed by atoms with Crippen LogP contribution in [0.25, 0.3) is 0 Å². The predicted molar refractivity (Wildman–Crippen MR) is 215 cm³/mol. The molecule has 0 bridgehead atoms. The predicted octanol–water partition coefficient (Wildman–Crippen LogP) is 7.38. The van der Waals surface area contributed by atoms with Gasteiger partial charge in [0.25, 0.3) is 0 Å². The summed E-state index contributed by atoms with van der Waals surface area (Å²) in [4.78, 5) is 41.6. The Kier molecular flexibility index (Phi) is 13.6. The number of benzene rings is 3. The highest BCUT2D eigenvalue weighted by atomic mass is 16.7. The fraction of sp³-hybridized carbons (Fsp3) is 0.523. The van der Waals surface area contributed by atoms with Crippen LogP contribution >= 0.6 is 0 Å². The first-order chi connectivity index (χ1) is 26.5. The van der Waals surface area contributed by atoms with E-state index >= 15 is 0 Å². The number of hydrogen-bond donors (Lipinski definition) is 5. The number of fused-ring (bicyclic) bond motifs is 1. The lowest BCUT2D eigenvalue weighted by atomic mass is 9.75. The normalized spacial score (nSPS) is 24.4. The molecule has 0 spiro atoms. The number of aliphatic hydroxyl groups is 1. The van der Waals surface area contributed by atoms with Gasteiger partial charge in [-0.1, -0.05) is 61.4 Å². The van der Waals surface area contributed by atoms with Gasteiger partial charge in [-0.05, 0) is 101 Å². The van der Waals surface area contributed by atoms with E-state index in [2.05, 4.69) is 20.9 Å². The number of unbranched alkanes of at least 4 members (excludes halogenated alkanes) is 1. The highest BCUT2D eigenvalue weighted by molar-refractivity contribution is 5.94. The number of nitrogens with one attached hydrogen (secondary N) is 3. The van der Waals surface area contributed by atoms with Crippen molar-refractivity contribution in [3.05, 3.63) is 89.5 Å². The van der Waals surface area contributed by atoms with E-state index in [1.54, 1.807) is 12.1 Å². The molecule has 2 heterocycles. The van der Waals surface area contributed by atoms with Gasteiger partial charge in [-0.3, -0.25) is 19.3 Å². The minimum absolute atomic E-state index is 0.0344. The molecular weight excluding hydrogens is 695 g/mol.